The number of hydrogen-bond acceptors (Lipinski definition) is 15. The molecule has 0 aliphatic carbocycles. The molecular weight excluding hydrogens is 1260 g/mol. The Balaban J connectivity index is 5.13. The normalized spacial score (nSPS) is 13.9. The van der Waals surface area contributed by atoms with Crippen LogP contribution in [0.25, 0.3) is 0 Å². The molecule has 0 aromatic heterocycles. The first-order valence-corrected chi connectivity index (χ1v) is 43.1. The maximum Gasteiger partial charge on any atom is 0.472 e. The number of rotatable bonds is 77. The summed E-state index contributed by atoms with van der Waals surface area (Å²) in [5, 5.41) is 10.6. The average Bonchev–Trinajstić information content (AvgIpc) is 1.10. The second-order valence-corrected chi connectivity index (χ2v) is 31.1. The van der Waals surface area contributed by atoms with Crippen LogP contribution in [0.2, 0.25) is 0 Å². The first-order valence-electron chi connectivity index (χ1n) is 40.1. The fourth-order valence-electron chi connectivity index (χ4n) is 11.9. The number of ether oxygens (including phenoxy) is 4. The van der Waals surface area contributed by atoms with Crippen molar-refractivity contribution in [3.8, 4) is 0 Å². The number of aliphatic hydroxyl groups excluding tert-OH is 1. The van der Waals surface area contributed by atoms with Crippen LogP contribution in [-0.2, 0) is 65.4 Å². The Labute approximate surface area is 588 Å². The molecule has 19 heteroatoms. The third-order valence-electron chi connectivity index (χ3n) is 18.0. The minimum Gasteiger partial charge on any atom is -0.462 e. The smallest absolute Gasteiger partial charge is 0.462 e. The standard InChI is InChI=1S/C77H150O17P2/c1-6-9-12-15-17-19-21-23-25-27-28-30-32-34-39-43-47-52-57-63-77(82)94-73(67-88-75(80)61-56-51-46-42-38-33-31-29-26-24-22-20-18-16-13-10-7-2)69-92-96(85,86)90-65-71(78)64-89-95(83,84)91-68-72(66-87-74(79)60-55-49-14-11-8-3)93-76(81)62-58-53-48-44-40-36-35-37-41-45-50-54-59-70(4)5/h70-73,78H,6-69H2,1-5H3,(H,83,84)(H,85,86)/t71-,72+,73+/m0/s1. The second kappa shape index (κ2) is 70.1. The van der Waals surface area contributed by atoms with Gasteiger partial charge in [-0.15, -0.1) is 0 Å². The van der Waals surface area contributed by atoms with Crippen molar-refractivity contribution in [2.45, 2.75) is 425 Å². The van der Waals surface area contributed by atoms with Crippen LogP contribution in [0.15, 0.2) is 0 Å². The Kier molecular flexibility index (Phi) is 68.7. The van der Waals surface area contributed by atoms with E-state index in [2.05, 4.69) is 34.6 Å². The zero-order chi connectivity index (χ0) is 70.5. The second-order valence-electron chi connectivity index (χ2n) is 28.2. The van der Waals surface area contributed by atoms with E-state index in [0.717, 1.165) is 102 Å². The predicted molar refractivity (Wildman–Crippen MR) is 391 cm³/mol. The summed E-state index contributed by atoms with van der Waals surface area (Å²) in [5.41, 5.74) is 0. The Bertz CT molecular complexity index is 1840. The largest absolute Gasteiger partial charge is 0.472 e. The van der Waals surface area contributed by atoms with Crippen molar-refractivity contribution in [2.75, 3.05) is 39.6 Å². The van der Waals surface area contributed by atoms with Crippen molar-refractivity contribution in [3.63, 3.8) is 0 Å². The van der Waals surface area contributed by atoms with Crippen LogP contribution in [0.3, 0.4) is 0 Å². The number of carbonyl (C=O) groups excluding carboxylic acids is 4. The molecule has 0 aromatic rings. The molecule has 0 aliphatic heterocycles. The van der Waals surface area contributed by atoms with E-state index in [1.807, 2.05) is 0 Å². The van der Waals surface area contributed by atoms with E-state index in [4.69, 9.17) is 37.0 Å². The van der Waals surface area contributed by atoms with Gasteiger partial charge in [0, 0.05) is 25.7 Å². The lowest BCUT2D eigenvalue weighted by Crippen LogP contribution is -2.30. The lowest BCUT2D eigenvalue weighted by molar-refractivity contribution is -0.161. The minimum atomic E-state index is -4.96. The first-order chi connectivity index (χ1) is 46.5. The number of esters is 4. The molecule has 17 nitrogen and oxygen atoms in total. The van der Waals surface area contributed by atoms with Crippen LogP contribution in [0.5, 0.6) is 0 Å². The fraction of sp³-hybridized carbons (Fsp3) is 0.948. The van der Waals surface area contributed by atoms with Gasteiger partial charge in [0.1, 0.15) is 19.3 Å². The van der Waals surface area contributed by atoms with Gasteiger partial charge < -0.3 is 33.8 Å². The minimum absolute atomic E-state index is 0.106. The molecule has 0 rings (SSSR count). The van der Waals surface area contributed by atoms with Gasteiger partial charge in [-0.2, -0.15) is 0 Å². The lowest BCUT2D eigenvalue weighted by atomic mass is 10.0. The van der Waals surface area contributed by atoms with Gasteiger partial charge in [0.25, 0.3) is 0 Å². The van der Waals surface area contributed by atoms with Crippen molar-refractivity contribution in [3.05, 3.63) is 0 Å². The van der Waals surface area contributed by atoms with Gasteiger partial charge in [0.15, 0.2) is 12.2 Å². The van der Waals surface area contributed by atoms with Crippen LogP contribution in [-0.4, -0.2) is 96.7 Å². The molecule has 0 aliphatic rings. The third-order valence-corrected chi connectivity index (χ3v) is 19.9. The summed E-state index contributed by atoms with van der Waals surface area (Å²) in [6, 6.07) is 0. The molecule has 0 aromatic carbocycles. The Hall–Kier alpha value is -1.94. The van der Waals surface area contributed by atoms with Gasteiger partial charge in [0.2, 0.25) is 0 Å². The highest BCUT2D eigenvalue weighted by atomic mass is 31.2. The number of carbonyl (C=O) groups is 4. The zero-order valence-electron chi connectivity index (χ0n) is 62.5. The van der Waals surface area contributed by atoms with Crippen molar-refractivity contribution in [2.24, 2.45) is 5.92 Å². The highest BCUT2D eigenvalue weighted by Gasteiger charge is 2.30. The molecule has 5 atom stereocenters. The van der Waals surface area contributed by atoms with Gasteiger partial charge in [0.05, 0.1) is 26.4 Å². The lowest BCUT2D eigenvalue weighted by Gasteiger charge is -2.21. The molecule has 96 heavy (non-hydrogen) atoms. The molecule has 0 heterocycles. The topological polar surface area (TPSA) is 237 Å². The Morgan fingerprint density at radius 1 is 0.281 bits per heavy atom. The van der Waals surface area contributed by atoms with E-state index in [9.17, 15) is 43.2 Å². The number of phosphoric ester groups is 2. The maximum atomic E-state index is 13.1. The van der Waals surface area contributed by atoms with Crippen molar-refractivity contribution in [1.29, 1.82) is 0 Å². The molecule has 0 spiro atoms. The van der Waals surface area contributed by atoms with Crippen LogP contribution in [0, 0.1) is 5.92 Å². The van der Waals surface area contributed by atoms with E-state index < -0.39 is 97.5 Å². The van der Waals surface area contributed by atoms with E-state index in [0.29, 0.717) is 25.7 Å². The fourth-order valence-corrected chi connectivity index (χ4v) is 13.5. The molecule has 0 amide bonds. The Morgan fingerprint density at radius 2 is 0.479 bits per heavy atom. The van der Waals surface area contributed by atoms with Crippen molar-refractivity contribution < 1.29 is 80.2 Å². The summed E-state index contributed by atoms with van der Waals surface area (Å²) >= 11 is 0. The van der Waals surface area contributed by atoms with Crippen LogP contribution in [0.4, 0.5) is 0 Å². The van der Waals surface area contributed by atoms with E-state index >= 15 is 0 Å². The first kappa shape index (κ1) is 94.1. The summed E-state index contributed by atoms with van der Waals surface area (Å²) < 4.78 is 68.4. The van der Waals surface area contributed by atoms with Crippen LogP contribution in [0.1, 0.15) is 407 Å². The van der Waals surface area contributed by atoms with E-state index in [-0.39, 0.29) is 25.7 Å². The average molecular weight is 1410 g/mol. The van der Waals surface area contributed by atoms with Gasteiger partial charge in [-0.25, -0.2) is 9.13 Å². The highest BCUT2D eigenvalue weighted by molar-refractivity contribution is 7.47. The summed E-state index contributed by atoms with van der Waals surface area (Å²) in [6.45, 7) is 7.22. The molecular formula is C77H150O17P2. The monoisotopic (exact) mass is 1410 g/mol. The molecule has 570 valence electrons. The molecule has 0 bridgehead atoms. The molecule has 0 saturated carbocycles. The molecule has 2 unspecified atom stereocenters. The quantitative estimate of drug-likeness (QED) is 0.0222. The van der Waals surface area contributed by atoms with Crippen LogP contribution >= 0.6 is 15.6 Å². The van der Waals surface area contributed by atoms with Gasteiger partial charge in [-0.3, -0.25) is 37.3 Å². The maximum absolute atomic E-state index is 13.1. The number of phosphoric acid groups is 2. The van der Waals surface area contributed by atoms with Crippen LogP contribution < -0.4 is 0 Å². The molecule has 0 fully saturated rings. The number of hydrogen-bond donors (Lipinski definition) is 3. The van der Waals surface area contributed by atoms with E-state index in [1.54, 1.807) is 0 Å². The van der Waals surface area contributed by atoms with Crippen molar-refractivity contribution in [1.82, 2.24) is 0 Å². The molecule has 3 N–H and O–H groups in total. The number of aliphatic hydroxyl groups is 1. The Morgan fingerprint density at radius 3 is 0.708 bits per heavy atom. The number of unbranched alkanes of at least 4 members (excludes halogenated alkanes) is 49. The van der Waals surface area contributed by atoms with E-state index in [1.165, 1.54) is 225 Å². The zero-order valence-corrected chi connectivity index (χ0v) is 64.3. The molecule has 0 saturated heterocycles. The highest BCUT2D eigenvalue weighted by Crippen LogP contribution is 2.45. The van der Waals surface area contributed by atoms with Crippen molar-refractivity contribution >= 4 is 39.5 Å². The summed E-state index contributed by atoms with van der Waals surface area (Å²) in [6.07, 6.45) is 60.1. The summed E-state index contributed by atoms with van der Waals surface area (Å²) in [4.78, 5) is 72.6. The molecule has 0 radical (unpaired) electrons. The van der Waals surface area contributed by atoms with Gasteiger partial charge in [-0.05, 0) is 31.6 Å². The summed E-state index contributed by atoms with van der Waals surface area (Å²) in [7, 11) is -9.90. The third kappa shape index (κ3) is 70.5. The predicted octanol–water partition coefficient (Wildman–Crippen LogP) is 22.9. The summed E-state index contributed by atoms with van der Waals surface area (Å²) in [5.74, 6) is -1.35. The van der Waals surface area contributed by atoms with Gasteiger partial charge >= 0.3 is 39.5 Å². The SMILES string of the molecule is CCCCCCCCCCCCCCCCCCCCCC(=O)O[C@H](COC(=O)CCCCCCCCCCCCCCCCCCC)COP(=O)(O)OC[C@@H](O)COP(=O)(O)OC[C@@H](COC(=O)CCCCCCC)OC(=O)CCCCCCCCCCCCCCC(C)C. The van der Waals surface area contributed by atoms with Gasteiger partial charge in [-0.1, -0.05) is 356 Å².